The van der Waals surface area contributed by atoms with Crippen LogP contribution in [-0.4, -0.2) is 46.0 Å². The second-order valence-electron chi connectivity index (χ2n) is 5.29. The van der Waals surface area contributed by atoms with Crippen molar-refractivity contribution in [2.45, 2.75) is 6.18 Å². The lowest BCUT2D eigenvalue weighted by molar-refractivity contribution is -0.146. The molecule has 3 aromatic rings. The number of methoxy groups -OCH3 is 2. The van der Waals surface area contributed by atoms with Crippen LogP contribution in [0.1, 0.15) is 26.5 Å². The van der Waals surface area contributed by atoms with Gasteiger partial charge in [-0.1, -0.05) is 0 Å². The molecule has 28 heavy (non-hydrogen) atoms. The number of benzene rings is 1. The number of ether oxygens (including phenoxy) is 3. The summed E-state index contributed by atoms with van der Waals surface area (Å²) < 4.78 is 54.0. The molecule has 2 aromatic heterocycles. The molecule has 0 saturated carbocycles. The Morgan fingerprint density at radius 1 is 0.964 bits per heavy atom. The van der Waals surface area contributed by atoms with Gasteiger partial charge in [0.2, 0.25) is 5.88 Å². The number of hydrogen-bond donors (Lipinski definition) is 0. The van der Waals surface area contributed by atoms with Gasteiger partial charge in [0.05, 0.1) is 25.3 Å². The molecule has 0 amide bonds. The normalized spacial score (nSPS) is 11.3. The topological polar surface area (TPSA) is 105 Å². The lowest BCUT2D eigenvalue weighted by Crippen LogP contribution is -2.12. The van der Waals surface area contributed by atoms with Crippen LogP contribution in [0.2, 0.25) is 0 Å². The van der Waals surface area contributed by atoms with Crippen LogP contribution < -0.4 is 4.74 Å². The molecule has 0 aliphatic carbocycles. The molecule has 1 aromatic carbocycles. The predicted octanol–water partition coefficient (Wildman–Crippen LogP) is 2.51. The van der Waals surface area contributed by atoms with E-state index >= 15 is 0 Å². The van der Waals surface area contributed by atoms with Gasteiger partial charge < -0.3 is 14.2 Å². The Balaban J connectivity index is 2.03. The number of esters is 2. The van der Waals surface area contributed by atoms with Gasteiger partial charge in [0.15, 0.2) is 5.65 Å². The number of alkyl halides is 3. The Hall–Kier alpha value is -3.70. The second kappa shape index (κ2) is 7.13. The summed E-state index contributed by atoms with van der Waals surface area (Å²) in [6.07, 6.45) is -4.77. The SMILES string of the molecule is COC(=O)c1cc(Oc2ccc3nnc(C(F)(F)F)n3n2)cc(C(=O)OC)c1. The molecule has 0 unspecified atom stereocenters. The van der Waals surface area contributed by atoms with Crippen molar-refractivity contribution in [3.8, 4) is 11.6 Å². The smallest absolute Gasteiger partial charge is 0.453 e. The molecular formula is C16H11F3N4O5. The van der Waals surface area contributed by atoms with Crippen molar-refractivity contribution in [1.82, 2.24) is 19.8 Å². The monoisotopic (exact) mass is 396 g/mol. The quantitative estimate of drug-likeness (QED) is 0.620. The maximum Gasteiger partial charge on any atom is 0.453 e. The van der Waals surface area contributed by atoms with Crippen molar-refractivity contribution in [2.75, 3.05) is 14.2 Å². The highest BCUT2D eigenvalue weighted by atomic mass is 19.4. The van der Waals surface area contributed by atoms with Crippen LogP contribution in [0.15, 0.2) is 30.3 Å². The van der Waals surface area contributed by atoms with Crippen LogP contribution >= 0.6 is 0 Å². The fourth-order valence-electron chi connectivity index (χ4n) is 2.25. The van der Waals surface area contributed by atoms with E-state index in [0.29, 0.717) is 4.52 Å². The van der Waals surface area contributed by atoms with Gasteiger partial charge in [0.25, 0.3) is 5.82 Å². The first-order valence-corrected chi connectivity index (χ1v) is 7.52. The highest BCUT2D eigenvalue weighted by Crippen LogP contribution is 2.29. The first-order valence-electron chi connectivity index (χ1n) is 7.52. The van der Waals surface area contributed by atoms with Crippen LogP contribution in [0.5, 0.6) is 11.6 Å². The molecule has 12 heteroatoms. The zero-order valence-corrected chi connectivity index (χ0v) is 14.4. The third-order valence-corrected chi connectivity index (χ3v) is 3.46. The Kier molecular flexibility index (Phi) is 4.86. The summed E-state index contributed by atoms with van der Waals surface area (Å²) in [7, 11) is 2.29. The van der Waals surface area contributed by atoms with Crippen LogP contribution in [-0.2, 0) is 15.7 Å². The molecule has 0 atom stereocenters. The second-order valence-corrected chi connectivity index (χ2v) is 5.29. The number of hydrogen-bond acceptors (Lipinski definition) is 8. The lowest BCUT2D eigenvalue weighted by atomic mass is 10.1. The molecule has 0 bridgehead atoms. The molecule has 0 saturated heterocycles. The van der Waals surface area contributed by atoms with Gasteiger partial charge in [-0.15, -0.1) is 15.3 Å². The molecule has 0 spiro atoms. The third-order valence-electron chi connectivity index (χ3n) is 3.46. The average Bonchev–Trinajstić information content (AvgIpc) is 3.10. The fourth-order valence-corrected chi connectivity index (χ4v) is 2.25. The van der Waals surface area contributed by atoms with E-state index in [2.05, 4.69) is 24.8 Å². The van der Waals surface area contributed by atoms with Gasteiger partial charge in [0, 0.05) is 6.07 Å². The Labute approximate surface area is 154 Å². The molecule has 0 fully saturated rings. The maximum atomic E-state index is 13.0. The van der Waals surface area contributed by atoms with Crippen molar-refractivity contribution >= 4 is 17.6 Å². The zero-order chi connectivity index (χ0) is 20.5. The van der Waals surface area contributed by atoms with Crippen LogP contribution in [0.3, 0.4) is 0 Å². The fraction of sp³-hybridized carbons (Fsp3) is 0.188. The average molecular weight is 396 g/mol. The number of carbonyl (C=O) groups is 2. The first-order chi connectivity index (χ1) is 13.2. The Morgan fingerprint density at radius 2 is 1.57 bits per heavy atom. The minimum Gasteiger partial charge on any atom is -0.465 e. The highest BCUT2D eigenvalue weighted by molar-refractivity contribution is 5.96. The molecule has 2 heterocycles. The number of halogens is 3. The summed E-state index contributed by atoms with van der Waals surface area (Å²) in [5.41, 5.74) is -0.193. The first kappa shape index (κ1) is 19.1. The summed E-state index contributed by atoms with van der Waals surface area (Å²) in [5, 5.41) is 10.1. The number of rotatable bonds is 4. The van der Waals surface area contributed by atoms with Gasteiger partial charge in [-0.2, -0.15) is 17.7 Å². The summed E-state index contributed by atoms with van der Waals surface area (Å²) in [6, 6.07) is 6.17. The number of nitrogens with zero attached hydrogens (tertiary/aromatic N) is 4. The van der Waals surface area contributed by atoms with Crippen molar-refractivity contribution < 1.29 is 37.0 Å². The standard InChI is InChI=1S/C16H11F3N4O5/c1-26-13(24)8-5-9(14(25)27-2)7-10(6-8)28-12-4-3-11-20-21-15(16(17,18)19)23(11)22-12/h3-7H,1-2H3. The van der Waals surface area contributed by atoms with Crippen molar-refractivity contribution in [3.05, 3.63) is 47.3 Å². The van der Waals surface area contributed by atoms with Gasteiger partial charge in [-0.25, -0.2) is 9.59 Å². The number of aromatic nitrogens is 4. The zero-order valence-electron chi connectivity index (χ0n) is 14.4. The minimum absolute atomic E-state index is 0.0262. The molecule has 0 aliphatic heterocycles. The van der Waals surface area contributed by atoms with Crippen molar-refractivity contribution in [2.24, 2.45) is 0 Å². The summed E-state index contributed by atoms with van der Waals surface area (Å²) >= 11 is 0. The molecule has 146 valence electrons. The molecule has 0 N–H and O–H groups in total. The Morgan fingerprint density at radius 3 is 2.11 bits per heavy atom. The van der Waals surface area contributed by atoms with E-state index in [4.69, 9.17) is 4.74 Å². The summed E-state index contributed by atoms with van der Waals surface area (Å²) in [4.78, 5) is 23.6. The molecule has 0 radical (unpaired) electrons. The van der Waals surface area contributed by atoms with E-state index < -0.39 is 23.9 Å². The number of fused-ring (bicyclic) bond motifs is 1. The lowest BCUT2D eigenvalue weighted by Gasteiger charge is -2.09. The molecule has 9 nitrogen and oxygen atoms in total. The van der Waals surface area contributed by atoms with Gasteiger partial charge >= 0.3 is 18.1 Å². The van der Waals surface area contributed by atoms with Crippen molar-refractivity contribution in [3.63, 3.8) is 0 Å². The number of carbonyl (C=O) groups excluding carboxylic acids is 2. The minimum atomic E-state index is -4.77. The summed E-state index contributed by atoms with van der Waals surface area (Å²) in [5.74, 6) is -3.13. The Bertz CT molecular complexity index is 1030. The molecular weight excluding hydrogens is 385 g/mol. The summed E-state index contributed by atoms with van der Waals surface area (Å²) in [6.45, 7) is 0. The third kappa shape index (κ3) is 3.70. The van der Waals surface area contributed by atoms with E-state index in [1.54, 1.807) is 0 Å². The molecule has 3 rings (SSSR count). The van der Waals surface area contributed by atoms with E-state index in [9.17, 15) is 22.8 Å². The largest absolute Gasteiger partial charge is 0.465 e. The van der Waals surface area contributed by atoms with Gasteiger partial charge in [-0.05, 0) is 24.3 Å². The van der Waals surface area contributed by atoms with Crippen LogP contribution in [0.25, 0.3) is 5.65 Å². The van der Waals surface area contributed by atoms with Gasteiger partial charge in [0.1, 0.15) is 5.75 Å². The van der Waals surface area contributed by atoms with Crippen LogP contribution in [0.4, 0.5) is 13.2 Å². The van der Waals surface area contributed by atoms with Crippen molar-refractivity contribution in [1.29, 1.82) is 0 Å². The maximum absolute atomic E-state index is 13.0. The van der Waals surface area contributed by atoms with E-state index in [1.165, 1.54) is 30.3 Å². The van der Waals surface area contributed by atoms with Gasteiger partial charge in [-0.3, -0.25) is 0 Å². The predicted molar refractivity (Wildman–Crippen MR) is 85.0 cm³/mol. The van der Waals surface area contributed by atoms with E-state index in [0.717, 1.165) is 14.2 Å². The highest BCUT2D eigenvalue weighted by Gasteiger charge is 2.37. The molecule has 0 aliphatic rings. The van der Waals surface area contributed by atoms with E-state index in [1.807, 2.05) is 0 Å². The van der Waals surface area contributed by atoms with Crippen LogP contribution in [0, 0.1) is 0 Å². The van der Waals surface area contributed by atoms with E-state index in [-0.39, 0.29) is 28.4 Å².